The van der Waals surface area contributed by atoms with E-state index in [0.29, 0.717) is 0 Å². The van der Waals surface area contributed by atoms with Crippen LogP contribution in [0.3, 0.4) is 0 Å². The van der Waals surface area contributed by atoms with Crippen molar-refractivity contribution in [1.82, 2.24) is 9.80 Å². The van der Waals surface area contributed by atoms with Crippen LogP contribution in [0.5, 0.6) is 17.2 Å². The number of ether oxygens (including phenoxy) is 3. The van der Waals surface area contributed by atoms with E-state index in [-0.39, 0.29) is 5.60 Å². The molecular weight excluding hydrogens is 364 g/mol. The highest BCUT2D eigenvalue weighted by Crippen LogP contribution is 2.38. The molecule has 2 heterocycles. The molecule has 1 atom stereocenters. The monoisotopic (exact) mass is 396 g/mol. The Kier molecular flexibility index (Phi) is 5.97. The Morgan fingerprint density at radius 2 is 1.90 bits per heavy atom. The van der Waals surface area contributed by atoms with Crippen LogP contribution in [0.25, 0.3) is 0 Å². The summed E-state index contributed by atoms with van der Waals surface area (Å²) in [4.78, 5) is 4.93. The summed E-state index contributed by atoms with van der Waals surface area (Å²) in [5, 5.41) is 0. The third-order valence-corrected chi connectivity index (χ3v) is 6.21. The van der Waals surface area contributed by atoms with Crippen LogP contribution in [0.4, 0.5) is 0 Å². The first-order chi connectivity index (χ1) is 14.1. The zero-order valence-corrected chi connectivity index (χ0v) is 17.8. The van der Waals surface area contributed by atoms with Gasteiger partial charge in [0.1, 0.15) is 22.8 Å². The summed E-state index contributed by atoms with van der Waals surface area (Å²) in [5.74, 6) is 2.82. The van der Waals surface area contributed by atoms with Crippen LogP contribution in [0.1, 0.15) is 30.4 Å². The van der Waals surface area contributed by atoms with Gasteiger partial charge in [0.2, 0.25) is 0 Å². The minimum Gasteiger partial charge on any atom is -0.497 e. The summed E-state index contributed by atoms with van der Waals surface area (Å²) in [5.41, 5.74) is 2.24. The van der Waals surface area contributed by atoms with Crippen molar-refractivity contribution in [3.05, 3.63) is 53.6 Å². The van der Waals surface area contributed by atoms with Gasteiger partial charge < -0.3 is 19.1 Å². The van der Waals surface area contributed by atoms with E-state index in [1.807, 2.05) is 18.2 Å². The molecule has 1 fully saturated rings. The molecule has 5 nitrogen and oxygen atoms in total. The van der Waals surface area contributed by atoms with Gasteiger partial charge in [0.05, 0.1) is 14.2 Å². The molecule has 0 saturated carbocycles. The van der Waals surface area contributed by atoms with Gasteiger partial charge in [0.15, 0.2) is 0 Å². The topological polar surface area (TPSA) is 34.2 Å². The van der Waals surface area contributed by atoms with Crippen molar-refractivity contribution in [2.45, 2.75) is 38.0 Å². The maximum Gasteiger partial charge on any atom is 0.124 e. The van der Waals surface area contributed by atoms with Gasteiger partial charge in [-0.3, -0.25) is 4.90 Å². The van der Waals surface area contributed by atoms with Crippen LogP contribution in [-0.4, -0.2) is 56.3 Å². The van der Waals surface area contributed by atoms with E-state index < -0.39 is 0 Å². The van der Waals surface area contributed by atoms with Crippen molar-refractivity contribution in [2.24, 2.45) is 0 Å². The molecule has 0 aliphatic carbocycles. The summed E-state index contributed by atoms with van der Waals surface area (Å²) in [6.07, 6.45) is 3.27. The molecule has 0 aromatic heterocycles. The molecule has 1 spiro atoms. The van der Waals surface area contributed by atoms with Crippen molar-refractivity contribution in [3.63, 3.8) is 0 Å². The van der Waals surface area contributed by atoms with Gasteiger partial charge in [-0.25, -0.2) is 0 Å². The fourth-order valence-electron chi connectivity index (χ4n) is 4.62. The zero-order chi connectivity index (χ0) is 20.3. The standard InChI is InChI=1S/C24H32N2O3/c1-25-13-6-11-24(12-14-25)18-26(16-19-7-4-5-8-22(19)28-3)17-20-15-21(27-2)9-10-23(20)29-24/h4-5,7-10,15H,6,11-14,16-18H2,1-3H3. The predicted molar refractivity (Wildman–Crippen MR) is 115 cm³/mol. The maximum absolute atomic E-state index is 6.78. The number of methoxy groups -OCH3 is 2. The lowest BCUT2D eigenvalue weighted by Crippen LogP contribution is -2.46. The lowest BCUT2D eigenvalue weighted by atomic mass is 9.93. The molecule has 29 heavy (non-hydrogen) atoms. The van der Waals surface area contributed by atoms with E-state index in [4.69, 9.17) is 14.2 Å². The highest BCUT2D eigenvalue weighted by atomic mass is 16.5. The van der Waals surface area contributed by atoms with Gasteiger partial charge in [-0.2, -0.15) is 0 Å². The summed E-state index contributed by atoms with van der Waals surface area (Å²) >= 11 is 0. The molecule has 0 N–H and O–H groups in total. The minimum absolute atomic E-state index is 0.160. The average molecular weight is 397 g/mol. The summed E-state index contributed by atoms with van der Waals surface area (Å²) in [6, 6.07) is 14.5. The van der Waals surface area contributed by atoms with Crippen LogP contribution < -0.4 is 14.2 Å². The highest BCUT2D eigenvalue weighted by Gasteiger charge is 2.39. The van der Waals surface area contributed by atoms with Gasteiger partial charge in [0.25, 0.3) is 0 Å². The van der Waals surface area contributed by atoms with Gasteiger partial charge in [-0.15, -0.1) is 0 Å². The smallest absolute Gasteiger partial charge is 0.124 e. The molecule has 4 rings (SSSR count). The molecule has 2 aliphatic rings. The third-order valence-electron chi connectivity index (χ3n) is 6.21. The largest absolute Gasteiger partial charge is 0.497 e. The van der Waals surface area contributed by atoms with E-state index in [2.05, 4.69) is 41.1 Å². The average Bonchev–Trinajstić information content (AvgIpc) is 3.00. The van der Waals surface area contributed by atoms with Crippen molar-refractivity contribution in [2.75, 3.05) is 40.9 Å². The molecule has 0 amide bonds. The first kappa shape index (κ1) is 20.0. The second-order valence-electron chi connectivity index (χ2n) is 8.37. The predicted octanol–water partition coefficient (Wildman–Crippen LogP) is 3.95. The van der Waals surface area contributed by atoms with E-state index in [1.165, 1.54) is 11.1 Å². The zero-order valence-electron chi connectivity index (χ0n) is 17.8. The normalized spacial score (nSPS) is 23.0. The van der Waals surface area contributed by atoms with Gasteiger partial charge in [-0.05, 0) is 50.7 Å². The molecule has 1 unspecified atom stereocenters. The molecule has 1 saturated heterocycles. The molecule has 2 aliphatic heterocycles. The van der Waals surface area contributed by atoms with Crippen molar-refractivity contribution in [1.29, 1.82) is 0 Å². The molecular formula is C24H32N2O3. The second kappa shape index (κ2) is 8.64. The van der Waals surface area contributed by atoms with E-state index in [9.17, 15) is 0 Å². The van der Waals surface area contributed by atoms with Crippen molar-refractivity contribution < 1.29 is 14.2 Å². The van der Waals surface area contributed by atoms with Crippen molar-refractivity contribution in [3.8, 4) is 17.2 Å². The SMILES string of the molecule is COc1ccc2c(c1)CN(Cc1ccccc1OC)CC1(CCCN(C)CC1)O2. The number of hydrogen-bond donors (Lipinski definition) is 0. The maximum atomic E-state index is 6.78. The fraction of sp³-hybridized carbons (Fsp3) is 0.500. The Morgan fingerprint density at radius 1 is 1.03 bits per heavy atom. The Bertz CT molecular complexity index is 841. The number of benzene rings is 2. The minimum atomic E-state index is -0.160. The van der Waals surface area contributed by atoms with Crippen LogP contribution in [0, 0.1) is 0 Å². The molecule has 0 bridgehead atoms. The Morgan fingerprint density at radius 3 is 2.72 bits per heavy atom. The first-order valence-corrected chi connectivity index (χ1v) is 10.5. The van der Waals surface area contributed by atoms with Crippen molar-refractivity contribution >= 4 is 0 Å². The number of rotatable bonds is 4. The molecule has 2 aromatic carbocycles. The molecule has 156 valence electrons. The molecule has 0 radical (unpaired) electrons. The second-order valence-corrected chi connectivity index (χ2v) is 8.37. The molecule has 5 heteroatoms. The van der Waals surface area contributed by atoms with E-state index in [1.54, 1.807) is 14.2 Å². The summed E-state index contributed by atoms with van der Waals surface area (Å²) in [7, 11) is 5.67. The summed E-state index contributed by atoms with van der Waals surface area (Å²) < 4.78 is 17.9. The number of nitrogens with zero attached hydrogens (tertiary/aromatic N) is 2. The van der Waals surface area contributed by atoms with Gasteiger partial charge >= 0.3 is 0 Å². The number of para-hydroxylation sites is 1. The van der Waals surface area contributed by atoms with Crippen LogP contribution >= 0.6 is 0 Å². The Balaban J connectivity index is 1.68. The highest BCUT2D eigenvalue weighted by molar-refractivity contribution is 5.42. The van der Waals surface area contributed by atoms with E-state index in [0.717, 1.165) is 69.2 Å². The quantitative estimate of drug-likeness (QED) is 0.782. The van der Waals surface area contributed by atoms with Gasteiger partial charge in [0, 0.05) is 43.7 Å². The lowest BCUT2D eigenvalue weighted by Gasteiger charge is -2.36. The first-order valence-electron chi connectivity index (χ1n) is 10.5. The van der Waals surface area contributed by atoms with E-state index >= 15 is 0 Å². The third kappa shape index (κ3) is 4.51. The molecule has 2 aromatic rings. The fourth-order valence-corrected chi connectivity index (χ4v) is 4.62. The number of fused-ring (bicyclic) bond motifs is 1. The van der Waals surface area contributed by atoms with Crippen LogP contribution in [-0.2, 0) is 13.1 Å². The number of hydrogen-bond acceptors (Lipinski definition) is 5. The van der Waals surface area contributed by atoms with Crippen LogP contribution in [0.2, 0.25) is 0 Å². The number of likely N-dealkylation sites (tertiary alicyclic amines) is 1. The Hall–Kier alpha value is -2.24. The lowest BCUT2D eigenvalue weighted by molar-refractivity contribution is 0.0219. The van der Waals surface area contributed by atoms with Gasteiger partial charge in [-0.1, -0.05) is 18.2 Å². The summed E-state index contributed by atoms with van der Waals surface area (Å²) in [6.45, 7) is 4.78. The Labute approximate surface area is 174 Å². The van der Waals surface area contributed by atoms with Crippen LogP contribution in [0.15, 0.2) is 42.5 Å².